The summed E-state index contributed by atoms with van der Waals surface area (Å²) in [5, 5.41) is 5.52. The van der Waals surface area contributed by atoms with E-state index in [2.05, 4.69) is 27.7 Å². The maximum atomic E-state index is 12.2. The number of carbonyl (C=O) groups is 2. The van der Waals surface area contributed by atoms with Gasteiger partial charge in [-0.05, 0) is 11.1 Å². The Morgan fingerprint density at radius 3 is 2.42 bits per heavy atom. The molecule has 2 amide bonds. The number of rotatable bonds is 5. The molecule has 2 aromatic rings. The van der Waals surface area contributed by atoms with Gasteiger partial charge in [-0.25, -0.2) is 4.79 Å². The van der Waals surface area contributed by atoms with Gasteiger partial charge in [0.1, 0.15) is 12.6 Å². The minimum atomic E-state index is -0.635. The van der Waals surface area contributed by atoms with Gasteiger partial charge in [0.05, 0.1) is 0 Å². The fraction of sp³-hybridized carbons (Fsp3) is 0.300. The molecule has 6 heteroatoms. The van der Waals surface area contributed by atoms with Gasteiger partial charge in [0.25, 0.3) is 0 Å². The number of carbonyl (C=O) groups excluding carboxylic acids is 2. The van der Waals surface area contributed by atoms with Crippen molar-refractivity contribution in [3.63, 3.8) is 0 Å². The second-order valence-corrected chi connectivity index (χ2v) is 6.27. The SMILES string of the molecule is O=C(NC1CN(Cc2ccccc2)CCNC1=O)OCc1ccccc1. The van der Waals surface area contributed by atoms with Crippen molar-refractivity contribution in [3.05, 3.63) is 71.8 Å². The third-order valence-electron chi connectivity index (χ3n) is 4.24. The first-order valence-electron chi connectivity index (χ1n) is 8.72. The predicted octanol–water partition coefficient (Wildman–Crippen LogP) is 1.91. The summed E-state index contributed by atoms with van der Waals surface area (Å²) in [5.41, 5.74) is 2.07. The van der Waals surface area contributed by atoms with E-state index < -0.39 is 12.1 Å². The van der Waals surface area contributed by atoms with Crippen molar-refractivity contribution in [2.75, 3.05) is 19.6 Å². The van der Waals surface area contributed by atoms with Crippen LogP contribution in [-0.2, 0) is 22.7 Å². The zero-order valence-electron chi connectivity index (χ0n) is 14.6. The number of hydrogen-bond acceptors (Lipinski definition) is 4. The molecule has 0 aliphatic carbocycles. The number of hydrogen-bond donors (Lipinski definition) is 2. The van der Waals surface area contributed by atoms with Gasteiger partial charge in [-0.2, -0.15) is 0 Å². The summed E-state index contributed by atoms with van der Waals surface area (Å²) in [6, 6.07) is 18.9. The molecule has 2 aromatic carbocycles. The molecule has 1 saturated heterocycles. The fourth-order valence-corrected chi connectivity index (χ4v) is 2.90. The van der Waals surface area contributed by atoms with E-state index in [9.17, 15) is 9.59 Å². The van der Waals surface area contributed by atoms with E-state index in [0.29, 0.717) is 13.1 Å². The van der Waals surface area contributed by atoms with Gasteiger partial charge in [-0.15, -0.1) is 0 Å². The van der Waals surface area contributed by atoms with Gasteiger partial charge in [-0.1, -0.05) is 60.7 Å². The van der Waals surface area contributed by atoms with Gasteiger partial charge in [-0.3, -0.25) is 9.69 Å². The second kappa shape index (κ2) is 9.01. The molecule has 0 saturated carbocycles. The maximum Gasteiger partial charge on any atom is 0.408 e. The molecule has 0 radical (unpaired) electrons. The largest absolute Gasteiger partial charge is 0.445 e. The first-order valence-corrected chi connectivity index (χ1v) is 8.72. The van der Waals surface area contributed by atoms with Crippen molar-refractivity contribution in [2.45, 2.75) is 19.2 Å². The molecule has 26 heavy (non-hydrogen) atoms. The molecule has 0 aromatic heterocycles. The molecule has 1 aliphatic rings. The van der Waals surface area contributed by atoms with Gasteiger partial charge in [0.2, 0.25) is 5.91 Å². The highest BCUT2D eigenvalue weighted by molar-refractivity contribution is 5.86. The van der Waals surface area contributed by atoms with E-state index in [-0.39, 0.29) is 12.5 Å². The Hall–Kier alpha value is -2.86. The van der Waals surface area contributed by atoms with Crippen molar-refractivity contribution in [2.24, 2.45) is 0 Å². The van der Waals surface area contributed by atoms with E-state index >= 15 is 0 Å². The van der Waals surface area contributed by atoms with E-state index in [0.717, 1.165) is 18.7 Å². The van der Waals surface area contributed by atoms with Crippen molar-refractivity contribution >= 4 is 12.0 Å². The summed E-state index contributed by atoms with van der Waals surface area (Å²) in [6.07, 6.45) is -0.587. The minimum absolute atomic E-state index is 0.175. The summed E-state index contributed by atoms with van der Waals surface area (Å²) in [5.74, 6) is -0.183. The number of amides is 2. The standard InChI is InChI=1S/C20H23N3O3/c24-19-18(22-20(25)26-15-17-9-5-2-6-10-17)14-23(12-11-21-19)13-16-7-3-1-4-8-16/h1-10,18H,11-15H2,(H,21,24)(H,22,25). The Morgan fingerprint density at radius 2 is 1.73 bits per heavy atom. The van der Waals surface area contributed by atoms with Gasteiger partial charge < -0.3 is 15.4 Å². The number of nitrogens with one attached hydrogen (secondary N) is 2. The summed E-state index contributed by atoms with van der Waals surface area (Å²) in [4.78, 5) is 26.4. The lowest BCUT2D eigenvalue weighted by Crippen LogP contribution is -2.49. The Morgan fingerprint density at radius 1 is 1.08 bits per heavy atom. The number of ether oxygens (including phenoxy) is 1. The maximum absolute atomic E-state index is 12.2. The van der Waals surface area contributed by atoms with Crippen LogP contribution in [0.5, 0.6) is 0 Å². The summed E-state index contributed by atoms with van der Waals surface area (Å²) < 4.78 is 5.22. The van der Waals surface area contributed by atoms with Crippen LogP contribution in [0.2, 0.25) is 0 Å². The molecule has 3 rings (SSSR count). The van der Waals surface area contributed by atoms with Crippen LogP contribution in [0.25, 0.3) is 0 Å². The molecule has 0 spiro atoms. The van der Waals surface area contributed by atoms with Gasteiger partial charge >= 0.3 is 6.09 Å². The molecule has 136 valence electrons. The first kappa shape index (κ1) is 17.9. The van der Waals surface area contributed by atoms with Crippen molar-refractivity contribution in [1.82, 2.24) is 15.5 Å². The van der Waals surface area contributed by atoms with Gasteiger partial charge in [0, 0.05) is 26.2 Å². The molecule has 2 N–H and O–H groups in total. The van der Waals surface area contributed by atoms with E-state index in [1.54, 1.807) is 0 Å². The molecular formula is C20H23N3O3. The van der Waals surface area contributed by atoms with Crippen LogP contribution in [0.4, 0.5) is 4.79 Å². The predicted molar refractivity (Wildman–Crippen MR) is 98.3 cm³/mol. The number of alkyl carbamates (subject to hydrolysis) is 1. The normalized spacial score (nSPS) is 17.8. The van der Waals surface area contributed by atoms with Crippen LogP contribution in [0.1, 0.15) is 11.1 Å². The quantitative estimate of drug-likeness (QED) is 0.862. The Labute approximate surface area is 153 Å². The molecule has 1 fully saturated rings. The first-order chi connectivity index (χ1) is 12.7. The van der Waals surface area contributed by atoms with Crippen LogP contribution in [-0.4, -0.2) is 42.6 Å². The van der Waals surface area contributed by atoms with E-state index in [4.69, 9.17) is 4.74 Å². The zero-order valence-corrected chi connectivity index (χ0v) is 14.6. The summed E-state index contributed by atoms with van der Waals surface area (Å²) >= 11 is 0. The number of nitrogens with zero attached hydrogens (tertiary/aromatic N) is 1. The molecule has 1 heterocycles. The highest BCUT2D eigenvalue weighted by Crippen LogP contribution is 2.07. The molecular weight excluding hydrogens is 330 g/mol. The fourth-order valence-electron chi connectivity index (χ4n) is 2.90. The van der Waals surface area contributed by atoms with Crippen LogP contribution >= 0.6 is 0 Å². The van der Waals surface area contributed by atoms with E-state index in [1.807, 2.05) is 48.5 Å². The van der Waals surface area contributed by atoms with Crippen LogP contribution in [0, 0.1) is 0 Å². The van der Waals surface area contributed by atoms with E-state index in [1.165, 1.54) is 5.56 Å². The highest BCUT2D eigenvalue weighted by atomic mass is 16.5. The lowest BCUT2D eigenvalue weighted by atomic mass is 10.2. The monoisotopic (exact) mass is 353 g/mol. The second-order valence-electron chi connectivity index (χ2n) is 6.27. The number of benzene rings is 2. The Kier molecular flexibility index (Phi) is 6.22. The lowest BCUT2D eigenvalue weighted by molar-refractivity contribution is -0.122. The molecule has 6 nitrogen and oxygen atoms in total. The van der Waals surface area contributed by atoms with Crippen molar-refractivity contribution < 1.29 is 14.3 Å². The topological polar surface area (TPSA) is 70.7 Å². The molecule has 1 unspecified atom stereocenters. The third kappa shape index (κ3) is 5.32. The summed E-state index contributed by atoms with van der Waals surface area (Å²) in [6.45, 7) is 2.64. The smallest absolute Gasteiger partial charge is 0.408 e. The highest BCUT2D eigenvalue weighted by Gasteiger charge is 2.27. The van der Waals surface area contributed by atoms with Crippen LogP contribution < -0.4 is 10.6 Å². The average Bonchev–Trinajstić information content (AvgIpc) is 2.83. The Bertz CT molecular complexity index is 722. The zero-order chi connectivity index (χ0) is 18.2. The van der Waals surface area contributed by atoms with Crippen molar-refractivity contribution in [1.29, 1.82) is 0 Å². The van der Waals surface area contributed by atoms with Crippen LogP contribution in [0.15, 0.2) is 60.7 Å². The van der Waals surface area contributed by atoms with Crippen LogP contribution in [0.3, 0.4) is 0 Å². The molecule has 1 atom stereocenters. The van der Waals surface area contributed by atoms with Gasteiger partial charge in [0.15, 0.2) is 0 Å². The van der Waals surface area contributed by atoms with Crippen molar-refractivity contribution in [3.8, 4) is 0 Å². The minimum Gasteiger partial charge on any atom is -0.445 e. The molecule has 1 aliphatic heterocycles. The molecule has 0 bridgehead atoms. The third-order valence-corrected chi connectivity index (χ3v) is 4.24. The summed E-state index contributed by atoms with van der Waals surface area (Å²) in [7, 11) is 0. The Balaban J connectivity index is 1.54. The average molecular weight is 353 g/mol. The lowest BCUT2D eigenvalue weighted by Gasteiger charge is -2.23.